The molecule has 0 aromatic carbocycles. The van der Waals surface area contributed by atoms with Crippen LogP contribution < -0.4 is 0 Å². The summed E-state index contributed by atoms with van der Waals surface area (Å²) in [4.78, 5) is 8.70. The second-order valence-corrected chi connectivity index (χ2v) is 5.34. The second-order valence-electron chi connectivity index (χ2n) is 5.07. The summed E-state index contributed by atoms with van der Waals surface area (Å²) in [6.07, 6.45) is 7.82. The molecular formula is C13H14ClN3O. The normalized spacial score (nSPS) is 30.4. The Morgan fingerprint density at radius 3 is 3.11 bits per heavy atom. The molecule has 2 aliphatic heterocycles. The van der Waals surface area contributed by atoms with Gasteiger partial charge in [0.2, 0.25) is 0 Å². The van der Waals surface area contributed by atoms with Crippen molar-refractivity contribution in [1.82, 2.24) is 14.5 Å². The molecule has 0 saturated carbocycles. The minimum atomic E-state index is 0.336. The zero-order valence-electron chi connectivity index (χ0n) is 9.92. The van der Waals surface area contributed by atoms with Crippen LogP contribution in [0.4, 0.5) is 0 Å². The molecule has 0 aliphatic carbocycles. The maximum atomic E-state index is 6.04. The standard InChI is InChI=1S/C13H14ClN3O/c14-6-13-16-9-7-15-4-3-10(9)17(13)11-5-8-1-2-12(11)18-8/h3-4,7-8,11-12H,1-2,5-6H2. The SMILES string of the molecule is ClCc1nc2cnccc2n1C1CC2CCC1O2. The van der Waals surface area contributed by atoms with Gasteiger partial charge in [0.1, 0.15) is 11.3 Å². The number of imidazole rings is 1. The number of pyridine rings is 1. The fourth-order valence-electron chi connectivity index (χ4n) is 3.35. The molecule has 0 N–H and O–H groups in total. The van der Waals surface area contributed by atoms with Gasteiger partial charge in [0.25, 0.3) is 0 Å². The van der Waals surface area contributed by atoms with Gasteiger partial charge in [-0.2, -0.15) is 0 Å². The lowest BCUT2D eigenvalue weighted by molar-refractivity contribution is 0.0940. The van der Waals surface area contributed by atoms with Crippen LogP contribution in [-0.2, 0) is 10.6 Å². The van der Waals surface area contributed by atoms with Gasteiger partial charge >= 0.3 is 0 Å². The molecule has 3 atom stereocenters. The summed E-state index contributed by atoms with van der Waals surface area (Å²) in [5, 5.41) is 0. The Bertz CT molecular complexity index is 597. The maximum Gasteiger partial charge on any atom is 0.125 e. The quantitative estimate of drug-likeness (QED) is 0.782. The van der Waals surface area contributed by atoms with E-state index in [1.807, 2.05) is 12.3 Å². The highest BCUT2D eigenvalue weighted by molar-refractivity contribution is 6.16. The summed E-state index contributed by atoms with van der Waals surface area (Å²) in [6.45, 7) is 0. The summed E-state index contributed by atoms with van der Waals surface area (Å²) in [6, 6.07) is 2.41. The van der Waals surface area contributed by atoms with E-state index >= 15 is 0 Å². The Morgan fingerprint density at radius 1 is 1.44 bits per heavy atom. The van der Waals surface area contributed by atoms with E-state index in [1.165, 1.54) is 6.42 Å². The van der Waals surface area contributed by atoms with Crippen LogP contribution in [0.2, 0.25) is 0 Å². The molecule has 2 aliphatic rings. The van der Waals surface area contributed by atoms with Gasteiger partial charge in [-0.1, -0.05) is 0 Å². The smallest absolute Gasteiger partial charge is 0.125 e. The molecule has 94 valence electrons. The monoisotopic (exact) mass is 263 g/mol. The molecule has 0 radical (unpaired) electrons. The van der Waals surface area contributed by atoms with Gasteiger partial charge in [-0.3, -0.25) is 4.98 Å². The number of rotatable bonds is 2. The summed E-state index contributed by atoms with van der Waals surface area (Å²) in [5.74, 6) is 1.36. The average molecular weight is 264 g/mol. The molecule has 2 saturated heterocycles. The van der Waals surface area contributed by atoms with Crippen LogP contribution in [0.1, 0.15) is 31.1 Å². The van der Waals surface area contributed by atoms with E-state index in [2.05, 4.69) is 14.5 Å². The van der Waals surface area contributed by atoms with E-state index in [4.69, 9.17) is 16.3 Å². The summed E-state index contributed by atoms with van der Waals surface area (Å²) in [7, 11) is 0. The van der Waals surface area contributed by atoms with Crippen LogP contribution in [0.15, 0.2) is 18.5 Å². The first kappa shape index (κ1) is 10.8. The maximum absolute atomic E-state index is 6.04. The van der Waals surface area contributed by atoms with Crippen molar-refractivity contribution in [3.05, 3.63) is 24.3 Å². The van der Waals surface area contributed by atoms with Gasteiger partial charge in [-0.05, 0) is 25.3 Å². The predicted molar refractivity (Wildman–Crippen MR) is 68.6 cm³/mol. The molecule has 0 amide bonds. The zero-order chi connectivity index (χ0) is 12.1. The van der Waals surface area contributed by atoms with Crippen LogP contribution in [0, 0.1) is 0 Å². The Hall–Kier alpha value is -1.13. The molecule has 2 aromatic rings. The minimum absolute atomic E-state index is 0.336. The summed E-state index contributed by atoms with van der Waals surface area (Å²) < 4.78 is 8.22. The Morgan fingerprint density at radius 2 is 2.39 bits per heavy atom. The fraction of sp³-hybridized carbons (Fsp3) is 0.538. The number of alkyl halides is 1. The molecule has 2 aromatic heterocycles. The van der Waals surface area contributed by atoms with Crippen LogP contribution in [0.25, 0.3) is 11.0 Å². The fourth-order valence-corrected chi connectivity index (χ4v) is 3.54. The number of hydrogen-bond acceptors (Lipinski definition) is 3. The third kappa shape index (κ3) is 1.42. The summed E-state index contributed by atoms with van der Waals surface area (Å²) in [5.41, 5.74) is 2.05. The van der Waals surface area contributed by atoms with Crippen molar-refractivity contribution in [3.8, 4) is 0 Å². The van der Waals surface area contributed by atoms with Crippen LogP contribution in [-0.4, -0.2) is 26.7 Å². The third-order valence-corrected chi connectivity index (χ3v) is 4.33. The second kappa shape index (κ2) is 3.93. The van der Waals surface area contributed by atoms with Gasteiger partial charge < -0.3 is 9.30 Å². The van der Waals surface area contributed by atoms with Crippen molar-refractivity contribution in [1.29, 1.82) is 0 Å². The van der Waals surface area contributed by atoms with Gasteiger partial charge in [0, 0.05) is 6.20 Å². The van der Waals surface area contributed by atoms with E-state index < -0.39 is 0 Å². The molecule has 4 nitrogen and oxygen atoms in total. The van der Waals surface area contributed by atoms with E-state index in [9.17, 15) is 0 Å². The Kier molecular flexibility index (Phi) is 2.35. The summed E-state index contributed by atoms with van der Waals surface area (Å²) >= 11 is 6.04. The molecule has 3 unspecified atom stereocenters. The highest BCUT2D eigenvalue weighted by Gasteiger charge is 2.42. The van der Waals surface area contributed by atoms with Gasteiger partial charge in [0.15, 0.2) is 0 Å². The van der Waals surface area contributed by atoms with Crippen LogP contribution in [0.3, 0.4) is 0 Å². The number of aromatic nitrogens is 3. The highest BCUT2D eigenvalue weighted by atomic mass is 35.5. The van der Waals surface area contributed by atoms with Crippen LogP contribution in [0.5, 0.6) is 0 Å². The molecule has 2 fully saturated rings. The first-order valence-corrected chi connectivity index (χ1v) is 6.92. The molecule has 4 rings (SSSR count). The van der Waals surface area contributed by atoms with Gasteiger partial charge in [0.05, 0.1) is 35.8 Å². The van der Waals surface area contributed by atoms with E-state index in [0.717, 1.165) is 29.7 Å². The molecule has 4 heterocycles. The van der Waals surface area contributed by atoms with E-state index in [0.29, 0.717) is 24.1 Å². The van der Waals surface area contributed by atoms with Crippen molar-refractivity contribution in [2.45, 2.75) is 43.4 Å². The van der Waals surface area contributed by atoms with Crippen molar-refractivity contribution in [2.75, 3.05) is 0 Å². The molecule has 5 heteroatoms. The number of halogens is 1. The van der Waals surface area contributed by atoms with Crippen LogP contribution >= 0.6 is 11.6 Å². The van der Waals surface area contributed by atoms with E-state index in [1.54, 1.807) is 6.20 Å². The number of nitrogens with zero attached hydrogens (tertiary/aromatic N) is 3. The third-order valence-electron chi connectivity index (χ3n) is 4.09. The Balaban J connectivity index is 1.88. The topological polar surface area (TPSA) is 39.9 Å². The lowest BCUT2D eigenvalue weighted by Gasteiger charge is -2.22. The van der Waals surface area contributed by atoms with Crippen molar-refractivity contribution < 1.29 is 4.74 Å². The van der Waals surface area contributed by atoms with Crippen molar-refractivity contribution >= 4 is 22.6 Å². The first-order chi connectivity index (χ1) is 8.86. The lowest BCUT2D eigenvalue weighted by Crippen LogP contribution is -2.22. The molecular weight excluding hydrogens is 250 g/mol. The van der Waals surface area contributed by atoms with Crippen molar-refractivity contribution in [2.24, 2.45) is 0 Å². The zero-order valence-corrected chi connectivity index (χ0v) is 10.7. The molecule has 18 heavy (non-hydrogen) atoms. The Labute approximate surface area is 110 Å². The number of ether oxygens (including phenoxy) is 1. The van der Waals surface area contributed by atoms with E-state index in [-0.39, 0.29) is 0 Å². The largest absolute Gasteiger partial charge is 0.373 e. The lowest BCUT2D eigenvalue weighted by atomic mass is 9.95. The predicted octanol–water partition coefficient (Wildman–Crippen LogP) is 2.66. The minimum Gasteiger partial charge on any atom is -0.373 e. The molecule has 2 bridgehead atoms. The van der Waals surface area contributed by atoms with Gasteiger partial charge in [-0.15, -0.1) is 11.6 Å². The molecule has 0 spiro atoms. The number of hydrogen-bond donors (Lipinski definition) is 0. The number of fused-ring (bicyclic) bond motifs is 3. The van der Waals surface area contributed by atoms with Gasteiger partial charge in [-0.25, -0.2) is 4.98 Å². The highest BCUT2D eigenvalue weighted by Crippen LogP contribution is 2.43. The average Bonchev–Trinajstić information content (AvgIpc) is 3.10. The first-order valence-electron chi connectivity index (χ1n) is 6.39. The van der Waals surface area contributed by atoms with Crippen molar-refractivity contribution in [3.63, 3.8) is 0 Å².